The number of hydrogen-bond acceptors (Lipinski definition) is 3. The first-order valence-electron chi connectivity index (χ1n) is 5.98. The minimum atomic E-state index is -0.637. The van der Waals surface area contributed by atoms with Gasteiger partial charge in [0, 0.05) is 0 Å². The molecule has 0 aliphatic heterocycles. The van der Waals surface area contributed by atoms with Crippen molar-refractivity contribution < 1.29 is 0 Å². The van der Waals surface area contributed by atoms with Crippen LogP contribution in [0.1, 0.15) is 46.5 Å². The van der Waals surface area contributed by atoms with E-state index in [9.17, 15) is 0 Å². The van der Waals surface area contributed by atoms with Crippen molar-refractivity contribution in [2.75, 3.05) is 19.6 Å². The fourth-order valence-electron chi connectivity index (χ4n) is 1.63. The Morgan fingerprint density at radius 1 is 1.27 bits per heavy atom. The largest absolute Gasteiger partial charge is 0.314 e. The highest BCUT2D eigenvalue weighted by Crippen LogP contribution is 2.09. The van der Waals surface area contributed by atoms with E-state index in [2.05, 4.69) is 24.8 Å². The lowest BCUT2D eigenvalue weighted by Gasteiger charge is -2.20. The predicted molar refractivity (Wildman–Crippen MR) is 64.5 cm³/mol. The molecule has 0 spiro atoms. The molecule has 3 heteroatoms. The van der Waals surface area contributed by atoms with E-state index in [4.69, 9.17) is 11.0 Å². The summed E-state index contributed by atoms with van der Waals surface area (Å²) >= 11 is 0. The predicted octanol–water partition coefficient (Wildman–Crippen LogP) is 2.13. The van der Waals surface area contributed by atoms with Crippen LogP contribution in [0.2, 0.25) is 0 Å². The average molecular weight is 211 g/mol. The highest BCUT2D eigenvalue weighted by Gasteiger charge is 2.15. The number of nitrogens with zero attached hydrogens (tertiary/aromatic N) is 2. The molecule has 0 bridgehead atoms. The number of rotatable bonds is 8. The zero-order valence-corrected chi connectivity index (χ0v) is 10.4. The van der Waals surface area contributed by atoms with Crippen molar-refractivity contribution in [3.8, 4) is 6.07 Å². The summed E-state index contributed by atoms with van der Waals surface area (Å²) in [5.41, 5.74) is 5.11. The second-order valence-corrected chi connectivity index (χ2v) is 4.42. The molecule has 0 saturated carbocycles. The molecule has 0 heterocycles. The van der Waals surface area contributed by atoms with Crippen LogP contribution >= 0.6 is 0 Å². The number of hydrogen-bond donors (Lipinski definition) is 1. The van der Waals surface area contributed by atoms with Gasteiger partial charge in [-0.25, -0.2) is 0 Å². The first kappa shape index (κ1) is 14.4. The maximum absolute atomic E-state index is 8.75. The Kier molecular flexibility index (Phi) is 7.37. The molecule has 3 nitrogen and oxygen atoms in total. The lowest BCUT2D eigenvalue weighted by atomic mass is 9.98. The normalized spacial score (nSPS) is 14.9. The molecule has 0 aromatic carbocycles. The molecular weight excluding hydrogens is 186 g/mol. The monoisotopic (exact) mass is 211 g/mol. The molecule has 15 heavy (non-hydrogen) atoms. The van der Waals surface area contributed by atoms with E-state index in [-0.39, 0.29) is 0 Å². The zero-order valence-electron chi connectivity index (χ0n) is 10.4. The van der Waals surface area contributed by atoms with Gasteiger partial charge in [0.15, 0.2) is 0 Å². The third-order valence-corrected chi connectivity index (χ3v) is 2.66. The summed E-state index contributed by atoms with van der Waals surface area (Å²) in [4.78, 5) is 2.44. The van der Waals surface area contributed by atoms with Gasteiger partial charge in [0.2, 0.25) is 0 Å². The summed E-state index contributed by atoms with van der Waals surface area (Å²) in [7, 11) is 0. The molecule has 1 atom stereocenters. The number of unbranched alkanes of at least 4 members (excludes halogenated alkanes) is 1. The van der Waals surface area contributed by atoms with Crippen LogP contribution in [0.15, 0.2) is 0 Å². The third kappa shape index (κ3) is 7.35. The molecule has 88 valence electrons. The Bertz CT molecular complexity index is 194. The lowest BCUT2D eigenvalue weighted by Crippen LogP contribution is -2.34. The smallest absolute Gasteiger partial charge is 0.101 e. The van der Waals surface area contributed by atoms with Crippen LogP contribution in [0.4, 0.5) is 0 Å². The molecule has 0 aromatic heterocycles. The zero-order chi connectivity index (χ0) is 11.7. The van der Waals surface area contributed by atoms with Crippen molar-refractivity contribution in [1.82, 2.24) is 4.90 Å². The second kappa shape index (κ2) is 7.67. The Morgan fingerprint density at radius 3 is 2.40 bits per heavy atom. The van der Waals surface area contributed by atoms with Crippen molar-refractivity contribution in [3.63, 3.8) is 0 Å². The maximum atomic E-state index is 8.75. The van der Waals surface area contributed by atoms with Gasteiger partial charge in [-0.05, 0) is 52.2 Å². The summed E-state index contributed by atoms with van der Waals surface area (Å²) in [6.45, 7) is 9.62. The van der Waals surface area contributed by atoms with Crippen LogP contribution < -0.4 is 5.73 Å². The Morgan fingerprint density at radius 2 is 1.93 bits per heavy atom. The van der Waals surface area contributed by atoms with Crippen molar-refractivity contribution in [2.45, 2.75) is 52.0 Å². The van der Waals surface area contributed by atoms with Crippen molar-refractivity contribution in [3.05, 3.63) is 0 Å². The SMILES string of the molecule is CCCN(CC)CCCCC(C)(N)C#N. The molecule has 0 amide bonds. The summed E-state index contributed by atoms with van der Waals surface area (Å²) < 4.78 is 0. The van der Waals surface area contributed by atoms with Gasteiger partial charge in [-0.1, -0.05) is 13.8 Å². The summed E-state index contributed by atoms with van der Waals surface area (Å²) in [6.07, 6.45) is 4.19. The fraction of sp³-hybridized carbons (Fsp3) is 0.917. The van der Waals surface area contributed by atoms with Crippen molar-refractivity contribution in [1.29, 1.82) is 5.26 Å². The van der Waals surface area contributed by atoms with E-state index < -0.39 is 5.54 Å². The minimum Gasteiger partial charge on any atom is -0.314 e. The summed E-state index contributed by atoms with van der Waals surface area (Å²) in [5.74, 6) is 0. The van der Waals surface area contributed by atoms with Crippen LogP contribution in [0.25, 0.3) is 0 Å². The first-order valence-corrected chi connectivity index (χ1v) is 5.98. The van der Waals surface area contributed by atoms with Crippen molar-refractivity contribution >= 4 is 0 Å². The second-order valence-electron chi connectivity index (χ2n) is 4.42. The molecular formula is C12H25N3. The Balaban J connectivity index is 3.57. The molecule has 2 N–H and O–H groups in total. The molecule has 0 aliphatic carbocycles. The number of nitrogens with two attached hydrogens (primary N) is 1. The molecule has 0 saturated heterocycles. The minimum absolute atomic E-state index is 0.637. The lowest BCUT2D eigenvalue weighted by molar-refractivity contribution is 0.279. The van der Waals surface area contributed by atoms with Gasteiger partial charge in [-0.15, -0.1) is 0 Å². The average Bonchev–Trinajstić information content (AvgIpc) is 2.22. The summed E-state index contributed by atoms with van der Waals surface area (Å²) in [6, 6.07) is 2.13. The maximum Gasteiger partial charge on any atom is 0.101 e. The van der Waals surface area contributed by atoms with Gasteiger partial charge in [0.1, 0.15) is 5.54 Å². The topological polar surface area (TPSA) is 53.0 Å². The number of nitriles is 1. The highest BCUT2D eigenvalue weighted by molar-refractivity contribution is 5.00. The molecule has 1 unspecified atom stereocenters. The van der Waals surface area contributed by atoms with E-state index in [1.54, 1.807) is 6.92 Å². The van der Waals surface area contributed by atoms with E-state index in [1.165, 1.54) is 13.0 Å². The Labute approximate surface area is 94.2 Å². The molecule has 0 rings (SSSR count). The van der Waals surface area contributed by atoms with E-state index in [0.717, 1.165) is 32.4 Å². The third-order valence-electron chi connectivity index (χ3n) is 2.66. The van der Waals surface area contributed by atoms with Gasteiger partial charge in [-0.3, -0.25) is 0 Å². The van der Waals surface area contributed by atoms with E-state index >= 15 is 0 Å². The van der Waals surface area contributed by atoms with Gasteiger partial charge in [0.25, 0.3) is 0 Å². The van der Waals surface area contributed by atoms with Gasteiger partial charge < -0.3 is 10.6 Å². The van der Waals surface area contributed by atoms with E-state index in [1.807, 2.05) is 0 Å². The standard InChI is InChI=1S/C12H25N3/c1-4-9-15(5-2)10-7-6-8-12(3,14)11-13/h4-10,14H2,1-3H3. The van der Waals surface area contributed by atoms with Crippen LogP contribution in [0.5, 0.6) is 0 Å². The molecule has 0 aliphatic rings. The molecule has 0 fully saturated rings. The first-order chi connectivity index (χ1) is 7.05. The highest BCUT2D eigenvalue weighted by atomic mass is 15.1. The molecule has 0 radical (unpaired) electrons. The quantitative estimate of drug-likeness (QED) is 0.626. The van der Waals surface area contributed by atoms with Crippen LogP contribution in [0.3, 0.4) is 0 Å². The van der Waals surface area contributed by atoms with E-state index in [0.29, 0.717) is 0 Å². The fourth-order valence-corrected chi connectivity index (χ4v) is 1.63. The van der Waals surface area contributed by atoms with Crippen LogP contribution in [-0.2, 0) is 0 Å². The van der Waals surface area contributed by atoms with Gasteiger partial charge in [0.05, 0.1) is 6.07 Å². The van der Waals surface area contributed by atoms with Crippen LogP contribution in [0, 0.1) is 11.3 Å². The van der Waals surface area contributed by atoms with Gasteiger partial charge >= 0.3 is 0 Å². The summed E-state index contributed by atoms with van der Waals surface area (Å²) in [5, 5.41) is 8.75. The van der Waals surface area contributed by atoms with Crippen molar-refractivity contribution in [2.24, 2.45) is 5.73 Å². The Hall–Kier alpha value is -0.590. The van der Waals surface area contributed by atoms with Crippen LogP contribution in [-0.4, -0.2) is 30.1 Å². The molecule has 0 aromatic rings. The van der Waals surface area contributed by atoms with Gasteiger partial charge in [-0.2, -0.15) is 5.26 Å².